The molecular weight excluding hydrogens is 520 g/mol. The van der Waals surface area contributed by atoms with Crippen molar-refractivity contribution in [1.82, 2.24) is 30.7 Å². The number of nitrogens with zero attached hydrogens (tertiary/aromatic N) is 3. The Morgan fingerprint density at radius 1 is 0.707 bits per heavy atom. The van der Waals surface area contributed by atoms with Crippen molar-refractivity contribution in [3.63, 3.8) is 0 Å². The van der Waals surface area contributed by atoms with Crippen LogP contribution in [-0.4, -0.2) is 102 Å². The molecule has 4 atom stereocenters. The van der Waals surface area contributed by atoms with Crippen molar-refractivity contribution in [2.45, 2.75) is 128 Å². The van der Waals surface area contributed by atoms with Crippen LogP contribution in [0.4, 0.5) is 14.4 Å². The van der Waals surface area contributed by atoms with Crippen molar-refractivity contribution in [2.75, 3.05) is 39.3 Å². The number of nitrogens with one attached hydrogen (secondary N) is 3. The maximum Gasteiger partial charge on any atom is 0.410 e. The SMILES string of the molecule is CC(C)(C)OC(=O)N1CCC(N2C(=O)NC[C@H]3CCCC[C@@H]32)CC1.O=C1NC[C@H]2CCCC[C@@H]2N1C1CCNCC1. The van der Waals surface area contributed by atoms with Crippen molar-refractivity contribution >= 4 is 18.2 Å². The molecule has 10 nitrogen and oxygen atoms in total. The summed E-state index contributed by atoms with van der Waals surface area (Å²) in [6.07, 6.45) is 13.7. The molecular formula is C31H54N6O4. The minimum absolute atomic E-state index is 0.0915. The number of piperidine rings is 2. The number of urea groups is 2. The van der Waals surface area contributed by atoms with Crippen LogP contribution in [0.25, 0.3) is 0 Å². The van der Waals surface area contributed by atoms with E-state index in [0.29, 0.717) is 43.1 Å². The zero-order valence-electron chi connectivity index (χ0n) is 25.7. The summed E-state index contributed by atoms with van der Waals surface area (Å²) < 4.78 is 5.46. The third-order valence-corrected chi connectivity index (χ3v) is 10.2. The molecule has 41 heavy (non-hydrogen) atoms. The van der Waals surface area contributed by atoms with E-state index in [2.05, 4.69) is 25.8 Å². The van der Waals surface area contributed by atoms with Gasteiger partial charge in [-0.3, -0.25) is 0 Å². The van der Waals surface area contributed by atoms with Crippen LogP contribution in [0.2, 0.25) is 0 Å². The molecule has 0 aromatic heterocycles. The number of fused-ring (bicyclic) bond motifs is 2. The minimum atomic E-state index is -0.462. The number of carbonyl (C=O) groups excluding carboxylic acids is 3. The molecule has 4 heterocycles. The van der Waals surface area contributed by atoms with E-state index >= 15 is 0 Å². The molecule has 232 valence electrons. The second-order valence-electron chi connectivity index (χ2n) is 14.1. The molecule has 6 rings (SSSR count). The smallest absolute Gasteiger partial charge is 0.410 e. The van der Waals surface area contributed by atoms with Gasteiger partial charge in [0, 0.05) is 50.3 Å². The molecule has 0 radical (unpaired) electrons. The van der Waals surface area contributed by atoms with E-state index in [1.54, 1.807) is 4.90 Å². The van der Waals surface area contributed by atoms with Gasteiger partial charge in [-0.05, 0) is 97.1 Å². The standard InChI is InChI=1S/C18H31N3O3.C13H23N3O/c1-18(2,3)24-17(23)20-10-8-14(9-11-20)21-15-7-5-4-6-13(15)12-19-16(21)22;17-13-15-9-10-3-1-2-4-12(10)16(13)11-5-7-14-8-6-11/h13-15H,4-12H2,1-3H3,(H,19,22);10-12,14H,1-9H2,(H,15,17)/t13-,15+;10-,12+/m11/s1. The van der Waals surface area contributed by atoms with Crippen LogP contribution in [-0.2, 0) is 4.74 Å². The van der Waals surface area contributed by atoms with Gasteiger partial charge in [-0.2, -0.15) is 0 Å². The number of likely N-dealkylation sites (tertiary alicyclic amines) is 1. The van der Waals surface area contributed by atoms with Gasteiger partial charge < -0.3 is 35.4 Å². The van der Waals surface area contributed by atoms with E-state index < -0.39 is 5.60 Å². The van der Waals surface area contributed by atoms with Crippen LogP contribution < -0.4 is 16.0 Å². The van der Waals surface area contributed by atoms with Crippen LogP contribution in [0, 0.1) is 11.8 Å². The third kappa shape index (κ3) is 7.41. The Morgan fingerprint density at radius 3 is 1.66 bits per heavy atom. The van der Waals surface area contributed by atoms with Gasteiger partial charge in [0.2, 0.25) is 0 Å². The minimum Gasteiger partial charge on any atom is -0.444 e. The molecule has 10 heteroatoms. The quantitative estimate of drug-likeness (QED) is 0.456. The number of hydrogen-bond donors (Lipinski definition) is 3. The average Bonchev–Trinajstić information content (AvgIpc) is 2.97. The molecule has 0 aromatic rings. The first-order chi connectivity index (χ1) is 19.7. The van der Waals surface area contributed by atoms with Crippen molar-refractivity contribution < 1.29 is 19.1 Å². The maximum absolute atomic E-state index is 12.5. The number of hydrogen-bond acceptors (Lipinski definition) is 5. The summed E-state index contributed by atoms with van der Waals surface area (Å²) in [5.41, 5.74) is -0.462. The summed E-state index contributed by atoms with van der Waals surface area (Å²) in [4.78, 5) is 42.9. The first kappa shape index (κ1) is 30.2. The fourth-order valence-corrected chi connectivity index (χ4v) is 8.12. The van der Waals surface area contributed by atoms with Gasteiger partial charge >= 0.3 is 18.2 Å². The highest BCUT2D eigenvalue weighted by Crippen LogP contribution is 2.35. The first-order valence-electron chi connectivity index (χ1n) is 16.5. The van der Waals surface area contributed by atoms with E-state index in [4.69, 9.17) is 4.74 Å². The summed E-state index contributed by atoms with van der Waals surface area (Å²) in [7, 11) is 0. The largest absolute Gasteiger partial charge is 0.444 e. The van der Waals surface area contributed by atoms with Gasteiger partial charge in [0.05, 0.1) is 0 Å². The van der Waals surface area contributed by atoms with Crippen molar-refractivity contribution in [2.24, 2.45) is 11.8 Å². The molecule has 0 unspecified atom stereocenters. The Bertz CT molecular complexity index is 911. The molecule has 4 saturated heterocycles. The first-order valence-corrected chi connectivity index (χ1v) is 16.5. The Hall–Kier alpha value is -2.23. The van der Waals surface area contributed by atoms with Gasteiger partial charge in [0.1, 0.15) is 5.60 Å². The maximum atomic E-state index is 12.5. The van der Waals surface area contributed by atoms with Crippen LogP contribution in [0.15, 0.2) is 0 Å². The molecule has 2 saturated carbocycles. The van der Waals surface area contributed by atoms with E-state index in [-0.39, 0.29) is 24.2 Å². The zero-order chi connectivity index (χ0) is 29.0. The summed E-state index contributed by atoms with van der Waals surface area (Å²) in [6.45, 7) is 10.9. The Labute approximate surface area is 246 Å². The molecule has 5 amide bonds. The van der Waals surface area contributed by atoms with Crippen molar-refractivity contribution in [3.8, 4) is 0 Å². The van der Waals surface area contributed by atoms with E-state index in [1.165, 1.54) is 44.9 Å². The fraction of sp³-hybridized carbons (Fsp3) is 0.903. The molecule has 2 aliphatic carbocycles. The van der Waals surface area contributed by atoms with Gasteiger partial charge in [-0.25, -0.2) is 14.4 Å². The highest BCUT2D eigenvalue weighted by atomic mass is 16.6. The Kier molecular flexibility index (Phi) is 9.87. The molecule has 0 aromatic carbocycles. The van der Waals surface area contributed by atoms with Crippen LogP contribution in [0.1, 0.15) is 97.8 Å². The zero-order valence-corrected chi connectivity index (χ0v) is 25.7. The molecule has 4 aliphatic heterocycles. The van der Waals surface area contributed by atoms with Crippen LogP contribution >= 0.6 is 0 Å². The van der Waals surface area contributed by atoms with Gasteiger partial charge in [0.15, 0.2) is 0 Å². The summed E-state index contributed by atoms with van der Waals surface area (Å²) >= 11 is 0. The second-order valence-corrected chi connectivity index (χ2v) is 14.1. The predicted octanol–water partition coefficient (Wildman–Crippen LogP) is 4.29. The predicted molar refractivity (Wildman–Crippen MR) is 159 cm³/mol. The molecule has 6 fully saturated rings. The van der Waals surface area contributed by atoms with E-state index in [9.17, 15) is 14.4 Å². The van der Waals surface area contributed by atoms with Gasteiger partial charge in [-0.15, -0.1) is 0 Å². The summed E-state index contributed by atoms with van der Waals surface area (Å²) in [6, 6.07) is 1.93. The highest BCUT2D eigenvalue weighted by Gasteiger charge is 2.42. The number of ether oxygens (including phenoxy) is 1. The molecule has 0 spiro atoms. The lowest BCUT2D eigenvalue weighted by molar-refractivity contribution is 0.00760. The molecule has 6 aliphatic rings. The summed E-state index contributed by atoms with van der Waals surface area (Å²) in [5, 5.41) is 9.55. The van der Waals surface area contributed by atoms with Gasteiger partial charge in [-0.1, -0.05) is 25.7 Å². The van der Waals surface area contributed by atoms with E-state index in [1.807, 2.05) is 20.8 Å². The van der Waals surface area contributed by atoms with E-state index in [0.717, 1.165) is 58.3 Å². The van der Waals surface area contributed by atoms with Crippen LogP contribution in [0.3, 0.4) is 0 Å². The lowest BCUT2D eigenvalue weighted by Crippen LogP contribution is -2.63. The highest BCUT2D eigenvalue weighted by molar-refractivity contribution is 5.76. The normalized spacial score (nSPS) is 31.6. The number of rotatable bonds is 2. The van der Waals surface area contributed by atoms with Gasteiger partial charge in [0.25, 0.3) is 0 Å². The fourth-order valence-electron chi connectivity index (χ4n) is 8.12. The average molecular weight is 575 g/mol. The molecule has 3 N–H and O–H groups in total. The second kappa shape index (κ2) is 13.4. The topological polar surface area (TPSA) is 106 Å². The van der Waals surface area contributed by atoms with Crippen LogP contribution in [0.5, 0.6) is 0 Å². The lowest BCUT2D eigenvalue weighted by Gasteiger charge is -2.49. The Morgan fingerprint density at radius 2 is 1.17 bits per heavy atom. The summed E-state index contributed by atoms with van der Waals surface area (Å²) in [5.74, 6) is 1.30. The number of amides is 5. The monoisotopic (exact) mass is 574 g/mol. The lowest BCUT2D eigenvalue weighted by atomic mass is 9.81. The Balaban J connectivity index is 0.000000174. The van der Waals surface area contributed by atoms with Crippen molar-refractivity contribution in [3.05, 3.63) is 0 Å². The third-order valence-electron chi connectivity index (χ3n) is 10.2. The molecule has 0 bridgehead atoms. The van der Waals surface area contributed by atoms with Crippen molar-refractivity contribution in [1.29, 1.82) is 0 Å². The number of carbonyl (C=O) groups is 3.